The molecule has 0 heterocycles. The molecule has 0 saturated heterocycles. The van der Waals surface area contributed by atoms with Crippen LogP contribution in [-0.2, 0) is 4.74 Å². The zero-order valence-electron chi connectivity index (χ0n) is 11.0. The summed E-state index contributed by atoms with van der Waals surface area (Å²) < 4.78 is 15.8. The Bertz CT molecular complexity index is 396. The Morgan fingerprint density at radius 1 is 1.28 bits per heavy atom. The van der Waals surface area contributed by atoms with E-state index in [0.29, 0.717) is 17.5 Å². The smallest absolute Gasteiger partial charge is 0.261 e. The molecule has 4 nitrogen and oxygen atoms in total. The first-order valence-corrected chi connectivity index (χ1v) is 6.28. The van der Waals surface area contributed by atoms with Gasteiger partial charge in [-0.2, -0.15) is 0 Å². The molecule has 0 aliphatic rings. The van der Waals surface area contributed by atoms with Gasteiger partial charge in [-0.05, 0) is 30.8 Å². The van der Waals surface area contributed by atoms with Gasteiger partial charge in [-0.1, -0.05) is 13.3 Å². The third kappa shape index (κ3) is 4.41. The van der Waals surface area contributed by atoms with Crippen LogP contribution >= 0.6 is 12.2 Å². The SMILES string of the molecule is CCCCOC(=S)Nc1cc(OC)ccc1OC. The maximum atomic E-state index is 5.38. The molecule has 0 atom stereocenters. The highest BCUT2D eigenvalue weighted by Gasteiger charge is 2.07. The zero-order valence-corrected chi connectivity index (χ0v) is 11.8. The predicted octanol–water partition coefficient (Wildman–Crippen LogP) is 3.22. The van der Waals surface area contributed by atoms with E-state index in [4.69, 9.17) is 26.4 Å². The van der Waals surface area contributed by atoms with Gasteiger partial charge >= 0.3 is 0 Å². The van der Waals surface area contributed by atoms with Crippen molar-refractivity contribution >= 4 is 23.1 Å². The number of unbranched alkanes of at least 4 members (excludes halogenated alkanes) is 1. The van der Waals surface area contributed by atoms with Crippen molar-refractivity contribution in [1.82, 2.24) is 0 Å². The lowest BCUT2D eigenvalue weighted by molar-refractivity contribution is 0.303. The van der Waals surface area contributed by atoms with Crippen LogP contribution in [0.1, 0.15) is 19.8 Å². The van der Waals surface area contributed by atoms with Gasteiger partial charge in [0.15, 0.2) is 0 Å². The molecular formula is C13H19NO3S. The lowest BCUT2D eigenvalue weighted by Gasteiger charge is -2.13. The van der Waals surface area contributed by atoms with Crippen LogP contribution in [0.4, 0.5) is 5.69 Å². The number of hydrogen-bond donors (Lipinski definition) is 1. The van der Waals surface area contributed by atoms with Crippen LogP contribution in [0.3, 0.4) is 0 Å². The maximum Gasteiger partial charge on any atom is 0.261 e. The normalized spacial score (nSPS) is 9.72. The Hall–Kier alpha value is -1.49. The van der Waals surface area contributed by atoms with Crippen LogP contribution in [0.15, 0.2) is 18.2 Å². The number of methoxy groups -OCH3 is 2. The maximum absolute atomic E-state index is 5.38. The van der Waals surface area contributed by atoms with Crippen molar-refractivity contribution in [2.24, 2.45) is 0 Å². The monoisotopic (exact) mass is 269 g/mol. The van der Waals surface area contributed by atoms with E-state index in [0.717, 1.165) is 24.3 Å². The number of thiocarbonyl (C=S) groups is 1. The number of ether oxygens (including phenoxy) is 3. The van der Waals surface area contributed by atoms with Crippen molar-refractivity contribution in [3.05, 3.63) is 18.2 Å². The largest absolute Gasteiger partial charge is 0.497 e. The molecule has 0 radical (unpaired) electrons. The standard InChI is InChI=1S/C13H19NO3S/c1-4-5-8-17-13(18)14-11-9-10(15-2)6-7-12(11)16-3/h6-7,9H,4-5,8H2,1-3H3,(H,14,18). The summed E-state index contributed by atoms with van der Waals surface area (Å²) in [5.74, 6) is 1.42. The van der Waals surface area contributed by atoms with Crippen LogP contribution in [0.5, 0.6) is 11.5 Å². The second-order valence-corrected chi connectivity index (χ2v) is 4.05. The minimum absolute atomic E-state index is 0.343. The third-order valence-corrected chi connectivity index (χ3v) is 2.59. The lowest BCUT2D eigenvalue weighted by Crippen LogP contribution is -2.14. The molecule has 0 aliphatic carbocycles. The lowest BCUT2D eigenvalue weighted by atomic mass is 10.2. The summed E-state index contributed by atoms with van der Waals surface area (Å²) in [6.07, 6.45) is 2.06. The molecule has 0 aliphatic heterocycles. The fraction of sp³-hybridized carbons (Fsp3) is 0.462. The Morgan fingerprint density at radius 3 is 2.67 bits per heavy atom. The molecular weight excluding hydrogens is 250 g/mol. The molecule has 18 heavy (non-hydrogen) atoms. The first kappa shape index (κ1) is 14.6. The summed E-state index contributed by atoms with van der Waals surface area (Å²) >= 11 is 5.11. The van der Waals surface area contributed by atoms with Crippen molar-refractivity contribution < 1.29 is 14.2 Å². The average molecular weight is 269 g/mol. The molecule has 100 valence electrons. The van der Waals surface area contributed by atoms with Gasteiger partial charge in [-0.15, -0.1) is 0 Å². The predicted molar refractivity (Wildman–Crippen MR) is 76.6 cm³/mol. The molecule has 0 aromatic heterocycles. The van der Waals surface area contributed by atoms with Crippen molar-refractivity contribution in [2.45, 2.75) is 19.8 Å². The third-order valence-electron chi connectivity index (χ3n) is 2.37. The zero-order chi connectivity index (χ0) is 13.4. The Morgan fingerprint density at radius 2 is 2.06 bits per heavy atom. The van der Waals surface area contributed by atoms with Crippen molar-refractivity contribution in [3.8, 4) is 11.5 Å². The molecule has 1 N–H and O–H groups in total. The topological polar surface area (TPSA) is 39.7 Å². The fourth-order valence-corrected chi connectivity index (χ4v) is 1.56. The first-order chi connectivity index (χ1) is 8.71. The van der Waals surface area contributed by atoms with Crippen LogP contribution in [0.25, 0.3) is 0 Å². The molecule has 0 unspecified atom stereocenters. The summed E-state index contributed by atoms with van der Waals surface area (Å²) in [5, 5.41) is 3.34. The van der Waals surface area contributed by atoms with Gasteiger partial charge in [-0.25, -0.2) is 0 Å². The van der Waals surface area contributed by atoms with Crippen molar-refractivity contribution in [3.63, 3.8) is 0 Å². The quantitative estimate of drug-likeness (QED) is 0.634. The van der Waals surface area contributed by atoms with E-state index in [-0.39, 0.29) is 0 Å². The molecule has 1 rings (SSSR count). The Kier molecular flexibility index (Phi) is 6.28. The minimum atomic E-state index is 0.343. The van der Waals surface area contributed by atoms with Crippen LogP contribution in [-0.4, -0.2) is 26.0 Å². The van der Waals surface area contributed by atoms with Crippen LogP contribution in [0, 0.1) is 0 Å². The van der Waals surface area contributed by atoms with Crippen molar-refractivity contribution in [1.29, 1.82) is 0 Å². The van der Waals surface area contributed by atoms with Gasteiger partial charge in [0.2, 0.25) is 0 Å². The number of rotatable bonds is 6. The molecule has 5 heteroatoms. The second-order valence-electron chi connectivity index (χ2n) is 3.68. The molecule has 0 spiro atoms. The van der Waals surface area contributed by atoms with Gasteiger partial charge in [0.25, 0.3) is 5.17 Å². The average Bonchev–Trinajstić information content (AvgIpc) is 2.39. The van der Waals surface area contributed by atoms with Crippen molar-refractivity contribution in [2.75, 3.05) is 26.1 Å². The summed E-state index contributed by atoms with van der Waals surface area (Å²) in [5.41, 5.74) is 0.735. The fourth-order valence-electron chi connectivity index (χ4n) is 1.37. The van der Waals surface area contributed by atoms with Crippen LogP contribution in [0.2, 0.25) is 0 Å². The number of anilines is 1. The van der Waals surface area contributed by atoms with Gasteiger partial charge in [-0.3, -0.25) is 0 Å². The van der Waals surface area contributed by atoms with Gasteiger partial charge < -0.3 is 19.5 Å². The van der Waals surface area contributed by atoms with Gasteiger partial charge in [0, 0.05) is 6.07 Å². The molecule has 0 fully saturated rings. The molecule has 0 amide bonds. The Balaban J connectivity index is 2.66. The summed E-state index contributed by atoms with van der Waals surface area (Å²) in [6, 6.07) is 5.45. The van der Waals surface area contributed by atoms with Gasteiger partial charge in [0.1, 0.15) is 11.5 Å². The highest BCUT2D eigenvalue weighted by atomic mass is 32.1. The summed E-state index contributed by atoms with van der Waals surface area (Å²) in [6.45, 7) is 2.72. The van der Waals surface area contributed by atoms with Gasteiger partial charge in [0.05, 0.1) is 26.5 Å². The summed E-state index contributed by atoms with van der Waals surface area (Å²) in [4.78, 5) is 0. The molecule has 0 bridgehead atoms. The number of hydrogen-bond acceptors (Lipinski definition) is 4. The molecule has 1 aromatic carbocycles. The minimum Gasteiger partial charge on any atom is -0.497 e. The van der Waals surface area contributed by atoms with E-state index in [2.05, 4.69) is 12.2 Å². The van der Waals surface area contributed by atoms with E-state index in [9.17, 15) is 0 Å². The highest BCUT2D eigenvalue weighted by molar-refractivity contribution is 7.80. The number of benzene rings is 1. The van der Waals surface area contributed by atoms with E-state index in [1.165, 1.54) is 0 Å². The first-order valence-electron chi connectivity index (χ1n) is 5.87. The molecule has 0 saturated carbocycles. The van der Waals surface area contributed by atoms with Crippen LogP contribution < -0.4 is 14.8 Å². The number of nitrogens with one attached hydrogen (secondary N) is 1. The molecule has 1 aromatic rings. The Labute approximate surface area is 113 Å². The van der Waals surface area contributed by atoms with E-state index in [1.54, 1.807) is 14.2 Å². The summed E-state index contributed by atoms with van der Waals surface area (Å²) in [7, 11) is 3.22. The van der Waals surface area contributed by atoms with E-state index >= 15 is 0 Å². The van der Waals surface area contributed by atoms with E-state index < -0.39 is 0 Å². The highest BCUT2D eigenvalue weighted by Crippen LogP contribution is 2.28. The van der Waals surface area contributed by atoms with E-state index in [1.807, 2.05) is 18.2 Å². The second kappa shape index (κ2) is 7.76.